The van der Waals surface area contributed by atoms with E-state index >= 15 is 0 Å². The van der Waals surface area contributed by atoms with E-state index in [4.69, 9.17) is 5.14 Å². The zero-order valence-electron chi connectivity index (χ0n) is 14.8. The molecule has 2 rings (SSSR count). The molecule has 0 aliphatic heterocycles. The number of ketones is 2. The minimum absolute atomic E-state index is 0.0550. The van der Waals surface area contributed by atoms with E-state index in [1.165, 1.54) is 0 Å². The van der Waals surface area contributed by atoms with E-state index in [0.717, 1.165) is 5.56 Å². The average molecular weight is 365 g/mol. The van der Waals surface area contributed by atoms with E-state index in [1.54, 1.807) is 26.8 Å². The summed E-state index contributed by atoms with van der Waals surface area (Å²) in [6.45, 7) is 6.80. The van der Waals surface area contributed by atoms with Crippen molar-refractivity contribution in [3.63, 3.8) is 0 Å². The minimum Gasteiger partial charge on any atom is -0.511 e. The van der Waals surface area contributed by atoms with Crippen LogP contribution < -0.4 is 5.14 Å². The Balaban J connectivity index is 2.60. The Labute approximate surface area is 147 Å². The van der Waals surface area contributed by atoms with Gasteiger partial charge in [0.15, 0.2) is 11.6 Å². The number of hydrogen-bond donors (Lipinski definition) is 2. The van der Waals surface area contributed by atoms with E-state index in [1.807, 2.05) is 6.92 Å². The lowest BCUT2D eigenvalue weighted by Gasteiger charge is -2.27. The second-order valence-corrected chi connectivity index (χ2v) is 8.05. The van der Waals surface area contributed by atoms with Crippen molar-refractivity contribution < 1.29 is 23.1 Å². The van der Waals surface area contributed by atoms with Crippen molar-refractivity contribution in [1.29, 1.82) is 0 Å². The van der Waals surface area contributed by atoms with Gasteiger partial charge in [-0.15, -0.1) is 0 Å². The highest BCUT2D eigenvalue weighted by atomic mass is 32.2. The van der Waals surface area contributed by atoms with Crippen LogP contribution in [-0.2, 0) is 19.6 Å². The summed E-state index contributed by atoms with van der Waals surface area (Å²) in [5.41, 5.74) is 2.45. The molecule has 25 heavy (non-hydrogen) atoms. The van der Waals surface area contributed by atoms with Crippen molar-refractivity contribution in [3.8, 4) is 0 Å². The number of carbonyl (C=O) groups excluding carboxylic acids is 2. The van der Waals surface area contributed by atoms with Crippen molar-refractivity contribution in [2.24, 2.45) is 5.14 Å². The molecule has 0 fully saturated rings. The van der Waals surface area contributed by atoms with E-state index in [0.29, 0.717) is 16.7 Å². The summed E-state index contributed by atoms with van der Waals surface area (Å²) < 4.78 is 23.9. The van der Waals surface area contributed by atoms with Crippen molar-refractivity contribution in [1.82, 2.24) is 0 Å². The number of Topliss-reactive ketones (excluding diaryl/α,β-unsaturated/α-hetero) is 2. The third-order valence-electron chi connectivity index (χ3n) is 4.69. The molecule has 6 nitrogen and oxygen atoms in total. The summed E-state index contributed by atoms with van der Waals surface area (Å²) in [4.78, 5) is 24.3. The number of rotatable bonds is 4. The van der Waals surface area contributed by atoms with Crippen LogP contribution in [0.3, 0.4) is 0 Å². The van der Waals surface area contributed by atoms with Crippen molar-refractivity contribution >= 4 is 21.6 Å². The quantitative estimate of drug-likeness (QED) is 0.796. The van der Waals surface area contributed by atoms with Crippen LogP contribution in [0.5, 0.6) is 0 Å². The average Bonchev–Trinajstić information content (AvgIpc) is 2.43. The summed E-state index contributed by atoms with van der Waals surface area (Å²) in [6, 6.07) is 1.72. The van der Waals surface area contributed by atoms with Gasteiger partial charge in [0.2, 0.25) is 10.0 Å². The van der Waals surface area contributed by atoms with Gasteiger partial charge in [-0.3, -0.25) is 9.59 Å². The van der Waals surface area contributed by atoms with Gasteiger partial charge in [-0.2, -0.15) is 0 Å². The number of hydrogen-bond acceptors (Lipinski definition) is 5. The standard InChI is InChI=1S/C18H23NO5S/c1-5-13(20)17-14(21)7-12(8-15(17)22)16-9(2)6-10(3)18(11(16)4)25(19,23)24/h6,12,21H,5,7-8H2,1-4H3,(H2,19,23,24). The Morgan fingerprint density at radius 1 is 1.24 bits per heavy atom. The van der Waals surface area contributed by atoms with Gasteiger partial charge in [-0.05, 0) is 48.9 Å². The van der Waals surface area contributed by atoms with Crippen molar-refractivity contribution in [3.05, 3.63) is 39.7 Å². The zero-order chi connectivity index (χ0) is 19.1. The molecular formula is C18H23NO5S. The molecule has 136 valence electrons. The van der Waals surface area contributed by atoms with E-state index in [9.17, 15) is 23.1 Å². The molecule has 3 N–H and O–H groups in total. The van der Waals surface area contributed by atoms with E-state index < -0.39 is 15.8 Å². The largest absolute Gasteiger partial charge is 0.511 e. The second-order valence-electron chi connectivity index (χ2n) is 6.55. The number of carbonyl (C=O) groups is 2. The number of benzene rings is 1. The Morgan fingerprint density at radius 2 is 1.84 bits per heavy atom. The first kappa shape index (κ1) is 19.3. The lowest BCUT2D eigenvalue weighted by Crippen LogP contribution is -2.25. The number of primary sulfonamides is 1. The molecular weight excluding hydrogens is 342 g/mol. The first-order valence-electron chi connectivity index (χ1n) is 8.11. The van der Waals surface area contributed by atoms with Crippen molar-refractivity contribution in [2.45, 2.75) is 57.8 Å². The van der Waals surface area contributed by atoms with Crippen molar-refractivity contribution in [2.75, 3.05) is 0 Å². The first-order valence-corrected chi connectivity index (χ1v) is 9.65. The Morgan fingerprint density at radius 3 is 2.32 bits per heavy atom. The summed E-state index contributed by atoms with van der Waals surface area (Å²) in [5.74, 6) is -1.38. The highest BCUT2D eigenvalue weighted by Crippen LogP contribution is 2.39. The number of allylic oxidation sites excluding steroid dienone is 2. The molecule has 0 radical (unpaired) electrons. The maximum Gasteiger partial charge on any atom is 0.238 e. The highest BCUT2D eigenvalue weighted by molar-refractivity contribution is 7.89. The summed E-state index contributed by atoms with van der Waals surface area (Å²) in [7, 11) is -3.91. The molecule has 0 aromatic heterocycles. The fourth-order valence-electron chi connectivity index (χ4n) is 3.84. The molecule has 1 aromatic rings. The SMILES string of the molecule is CCC(=O)C1=C(O)CC(c2c(C)cc(C)c(S(N)(=O)=O)c2C)CC1=O. The van der Waals surface area contributed by atoms with Gasteiger partial charge in [0.05, 0.1) is 10.5 Å². The Kier molecular flexibility index (Phi) is 5.20. The van der Waals surface area contributed by atoms with Gasteiger partial charge >= 0.3 is 0 Å². The Bertz CT molecular complexity index is 897. The van der Waals surface area contributed by atoms with Crippen LogP contribution in [0.25, 0.3) is 0 Å². The molecule has 1 aliphatic carbocycles. The fourth-order valence-corrected chi connectivity index (χ4v) is 4.88. The van der Waals surface area contributed by atoms with E-state index in [-0.39, 0.29) is 47.2 Å². The number of aryl methyl sites for hydroxylation is 2. The van der Waals surface area contributed by atoms with Gasteiger partial charge in [-0.25, -0.2) is 13.6 Å². The minimum atomic E-state index is -3.91. The smallest absolute Gasteiger partial charge is 0.238 e. The van der Waals surface area contributed by atoms with Crippen LogP contribution in [0, 0.1) is 20.8 Å². The summed E-state index contributed by atoms with van der Waals surface area (Å²) in [5, 5.41) is 15.6. The monoisotopic (exact) mass is 365 g/mol. The topological polar surface area (TPSA) is 115 Å². The van der Waals surface area contributed by atoms with Crippen LogP contribution in [0.2, 0.25) is 0 Å². The van der Waals surface area contributed by atoms with Crippen LogP contribution >= 0.6 is 0 Å². The van der Waals surface area contributed by atoms with Gasteiger partial charge in [0, 0.05) is 19.3 Å². The summed E-state index contributed by atoms with van der Waals surface area (Å²) in [6.07, 6.45) is 0.329. The number of nitrogens with two attached hydrogens (primary N) is 1. The second kappa shape index (κ2) is 6.72. The molecule has 0 heterocycles. The number of aliphatic hydroxyl groups is 1. The maximum absolute atomic E-state index is 12.4. The van der Waals surface area contributed by atoms with Gasteiger partial charge in [-0.1, -0.05) is 13.0 Å². The van der Waals surface area contributed by atoms with Gasteiger partial charge < -0.3 is 5.11 Å². The maximum atomic E-state index is 12.4. The lowest BCUT2D eigenvalue weighted by molar-refractivity contribution is -0.122. The molecule has 1 unspecified atom stereocenters. The zero-order valence-corrected chi connectivity index (χ0v) is 15.7. The Hall–Kier alpha value is -1.99. The number of aliphatic hydroxyl groups excluding tert-OH is 1. The van der Waals surface area contributed by atoms with Gasteiger partial charge in [0.1, 0.15) is 5.76 Å². The molecule has 0 amide bonds. The molecule has 0 spiro atoms. The molecule has 1 aromatic carbocycles. The normalized spacial score (nSPS) is 18.6. The van der Waals surface area contributed by atoms with E-state index in [2.05, 4.69) is 0 Å². The molecule has 1 atom stereocenters. The van der Waals surface area contributed by atoms with Crippen LogP contribution in [-0.4, -0.2) is 25.1 Å². The molecule has 0 saturated carbocycles. The highest BCUT2D eigenvalue weighted by Gasteiger charge is 2.34. The first-order chi connectivity index (χ1) is 11.5. The molecule has 0 saturated heterocycles. The molecule has 7 heteroatoms. The number of sulfonamides is 1. The van der Waals surface area contributed by atoms with Crippen LogP contribution in [0.1, 0.15) is 54.4 Å². The predicted molar refractivity (Wildman–Crippen MR) is 94.0 cm³/mol. The van der Waals surface area contributed by atoms with Crippen LogP contribution in [0.4, 0.5) is 0 Å². The fraction of sp³-hybridized carbons (Fsp3) is 0.444. The molecule has 0 bridgehead atoms. The summed E-state index contributed by atoms with van der Waals surface area (Å²) >= 11 is 0. The van der Waals surface area contributed by atoms with Crippen LogP contribution in [0.15, 0.2) is 22.3 Å². The third-order valence-corrected chi connectivity index (χ3v) is 5.89. The lowest BCUT2D eigenvalue weighted by atomic mass is 9.78. The van der Waals surface area contributed by atoms with Gasteiger partial charge in [0.25, 0.3) is 0 Å². The molecule has 1 aliphatic rings. The third kappa shape index (κ3) is 3.52. The predicted octanol–water partition coefficient (Wildman–Crippen LogP) is 2.50.